The number of pyridine rings is 1. The van der Waals surface area contributed by atoms with E-state index < -0.39 is 0 Å². The lowest BCUT2D eigenvalue weighted by atomic mass is 10.1. The highest BCUT2D eigenvalue weighted by molar-refractivity contribution is 9.10. The summed E-state index contributed by atoms with van der Waals surface area (Å²) in [4.78, 5) is 6.10. The van der Waals surface area contributed by atoms with Crippen molar-refractivity contribution in [2.45, 2.75) is 19.9 Å². The Morgan fingerprint density at radius 2 is 2.10 bits per heavy atom. The summed E-state index contributed by atoms with van der Waals surface area (Å²) >= 11 is 3.22. The van der Waals surface area contributed by atoms with E-state index in [4.69, 9.17) is 5.73 Å². The van der Waals surface area contributed by atoms with Crippen LogP contribution in [0.2, 0.25) is 0 Å². The highest BCUT2D eigenvalue weighted by Crippen LogP contribution is 2.23. The Labute approximate surface area is 126 Å². The van der Waals surface area contributed by atoms with E-state index >= 15 is 0 Å². The smallest absolute Gasteiger partial charge is 0.166 e. The molecular weight excluding hydrogens is 321 g/mol. The number of rotatable bonds is 5. The van der Waals surface area contributed by atoms with E-state index in [1.54, 1.807) is 6.20 Å². The average molecular weight is 338 g/mol. The molecule has 106 valence electrons. The van der Waals surface area contributed by atoms with Gasteiger partial charge in [-0.3, -0.25) is 0 Å². The fraction of sp³-hybridized carbons (Fsp3) is 0.267. The lowest BCUT2D eigenvalue weighted by Crippen LogP contribution is -2.26. The van der Waals surface area contributed by atoms with Crippen LogP contribution in [0.3, 0.4) is 0 Å². The molecule has 5 heteroatoms. The van der Waals surface area contributed by atoms with Gasteiger partial charge >= 0.3 is 0 Å². The standard InChI is InChI=1S/C15H17BrFN3/c1-2-7-20(10-11-5-3-4-6-14(11)18)15-13(17)8-12(16)9-19-15/h3-6,8-9H,2,7,10,18H2,1H3. The van der Waals surface area contributed by atoms with E-state index in [0.717, 1.165) is 18.5 Å². The summed E-state index contributed by atoms with van der Waals surface area (Å²) in [6.07, 6.45) is 2.51. The molecule has 2 aromatic rings. The molecule has 0 aliphatic heterocycles. The van der Waals surface area contributed by atoms with Gasteiger partial charge in [-0.2, -0.15) is 0 Å². The lowest BCUT2D eigenvalue weighted by Gasteiger charge is -2.24. The second-order valence-corrected chi connectivity index (χ2v) is 5.50. The number of aromatic nitrogens is 1. The molecule has 20 heavy (non-hydrogen) atoms. The first-order valence-electron chi connectivity index (χ1n) is 6.51. The second kappa shape index (κ2) is 6.70. The lowest BCUT2D eigenvalue weighted by molar-refractivity contribution is 0.604. The van der Waals surface area contributed by atoms with Crippen molar-refractivity contribution in [3.63, 3.8) is 0 Å². The topological polar surface area (TPSA) is 42.1 Å². The Hall–Kier alpha value is -1.62. The van der Waals surface area contributed by atoms with E-state index in [2.05, 4.69) is 27.8 Å². The van der Waals surface area contributed by atoms with Crippen LogP contribution in [-0.2, 0) is 6.54 Å². The van der Waals surface area contributed by atoms with Crippen LogP contribution in [0.5, 0.6) is 0 Å². The zero-order valence-corrected chi connectivity index (χ0v) is 12.9. The molecule has 2 N–H and O–H groups in total. The Kier molecular flexibility index (Phi) is 4.95. The van der Waals surface area contributed by atoms with E-state index in [1.165, 1.54) is 6.07 Å². The molecule has 0 aliphatic rings. The zero-order valence-electron chi connectivity index (χ0n) is 11.3. The molecular formula is C15H17BrFN3. The van der Waals surface area contributed by atoms with Gasteiger partial charge in [-0.15, -0.1) is 0 Å². The summed E-state index contributed by atoms with van der Waals surface area (Å²) in [5.74, 6) is 0.0284. The number of nitrogens with zero attached hydrogens (tertiary/aromatic N) is 2. The van der Waals surface area contributed by atoms with Crippen molar-refractivity contribution >= 4 is 27.4 Å². The predicted octanol–water partition coefficient (Wildman–Crippen LogP) is 3.98. The van der Waals surface area contributed by atoms with Crippen molar-refractivity contribution in [2.75, 3.05) is 17.2 Å². The normalized spacial score (nSPS) is 10.6. The predicted molar refractivity (Wildman–Crippen MR) is 84.1 cm³/mol. The molecule has 0 atom stereocenters. The minimum absolute atomic E-state index is 0.331. The fourth-order valence-electron chi connectivity index (χ4n) is 2.05. The third kappa shape index (κ3) is 3.48. The first-order valence-corrected chi connectivity index (χ1v) is 7.30. The van der Waals surface area contributed by atoms with Crippen LogP contribution >= 0.6 is 15.9 Å². The van der Waals surface area contributed by atoms with Crippen LogP contribution < -0.4 is 10.6 Å². The molecule has 0 aliphatic carbocycles. The van der Waals surface area contributed by atoms with E-state index in [0.29, 0.717) is 22.5 Å². The highest BCUT2D eigenvalue weighted by Gasteiger charge is 2.14. The average Bonchev–Trinajstić information content (AvgIpc) is 2.41. The quantitative estimate of drug-likeness (QED) is 0.839. The maximum atomic E-state index is 14.1. The number of anilines is 2. The Balaban J connectivity index is 2.29. The van der Waals surface area contributed by atoms with E-state index in [9.17, 15) is 4.39 Å². The maximum absolute atomic E-state index is 14.1. The molecule has 3 nitrogen and oxygen atoms in total. The van der Waals surface area contributed by atoms with Gasteiger partial charge in [-0.1, -0.05) is 25.1 Å². The van der Waals surface area contributed by atoms with Gasteiger partial charge in [0.2, 0.25) is 0 Å². The molecule has 0 saturated carbocycles. The van der Waals surface area contributed by atoms with Crippen LogP contribution in [0.1, 0.15) is 18.9 Å². The number of benzene rings is 1. The minimum Gasteiger partial charge on any atom is -0.398 e. The highest BCUT2D eigenvalue weighted by atomic mass is 79.9. The minimum atomic E-state index is -0.331. The van der Waals surface area contributed by atoms with Crippen LogP contribution in [0.25, 0.3) is 0 Å². The summed E-state index contributed by atoms with van der Waals surface area (Å²) < 4.78 is 14.7. The van der Waals surface area contributed by atoms with Gasteiger partial charge in [0, 0.05) is 29.4 Å². The van der Waals surface area contributed by atoms with E-state index in [1.807, 2.05) is 29.2 Å². The fourth-order valence-corrected chi connectivity index (χ4v) is 2.36. The SMILES string of the molecule is CCCN(Cc1ccccc1N)c1ncc(Br)cc1F. The van der Waals surface area contributed by atoms with Gasteiger partial charge in [0.15, 0.2) is 11.6 Å². The maximum Gasteiger partial charge on any atom is 0.166 e. The van der Waals surface area contributed by atoms with Crippen molar-refractivity contribution in [1.82, 2.24) is 4.98 Å². The van der Waals surface area contributed by atoms with Crippen molar-refractivity contribution in [1.29, 1.82) is 0 Å². The molecule has 0 saturated heterocycles. The number of nitrogens with two attached hydrogens (primary N) is 1. The Bertz CT molecular complexity index is 589. The summed E-state index contributed by atoms with van der Waals surface area (Å²) in [5.41, 5.74) is 7.65. The van der Waals surface area contributed by atoms with Gasteiger partial charge < -0.3 is 10.6 Å². The summed E-state index contributed by atoms with van der Waals surface area (Å²) in [6, 6.07) is 9.06. The molecule has 1 aromatic heterocycles. The molecule has 0 unspecified atom stereocenters. The van der Waals surface area contributed by atoms with Gasteiger partial charge in [0.1, 0.15) is 0 Å². The molecule has 1 heterocycles. The summed E-state index contributed by atoms with van der Waals surface area (Å²) in [6.45, 7) is 3.32. The van der Waals surface area contributed by atoms with Crippen molar-refractivity contribution < 1.29 is 4.39 Å². The summed E-state index contributed by atoms with van der Waals surface area (Å²) in [5, 5.41) is 0. The van der Waals surface area contributed by atoms with Gasteiger partial charge in [-0.25, -0.2) is 9.37 Å². The number of halogens is 2. The van der Waals surface area contributed by atoms with Gasteiger partial charge in [0.25, 0.3) is 0 Å². The third-order valence-electron chi connectivity index (χ3n) is 3.00. The molecule has 0 bridgehead atoms. The third-order valence-corrected chi connectivity index (χ3v) is 3.43. The molecule has 0 radical (unpaired) electrons. The van der Waals surface area contributed by atoms with Crippen LogP contribution in [-0.4, -0.2) is 11.5 Å². The zero-order chi connectivity index (χ0) is 14.5. The molecule has 0 amide bonds. The number of hydrogen-bond donors (Lipinski definition) is 1. The molecule has 2 rings (SSSR count). The monoisotopic (exact) mass is 337 g/mol. The van der Waals surface area contributed by atoms with Crippen molar-refractivity contribution in [3.05, 3.63) is 52.4 Å². The number of hydrogen-bond acceptors (Lipinski definition) is 3. The Morgan fingerprint density at radius 1 is 1.35 bits per heavy atom. The second-order valence-electron chi connectivity index (χ2n) is 4.58. The number of para-hydroxylation sites is 1. The molecule has 0 fully saturated rings. The van der Waals surface area contributed by atoms with Crippen molar-refractivity contribution in [3.8, 4) is 0 Å². The van der Waals surface area contributed by atoms with Crippen LogP contribution in [0.15, 0.2) is 41.0 Å². The summed E-state index contributed by atoms with van der Waals surface area (Å²) in [7, 11) is 0. The van der Waals surface area contributed by atoms with Gasteiger partial charge in [0.05, 0.1) is 0 Å². The van der Waals surface area contributed by atoms with Crippen LogP contribution in [0.4, 0.5) is 15.9 Å². The first kappa shape index (κ1) is 14.8. The van der Waals surface area contributed by atoms with Crippen molar-refractivity contribution in [2.24, 2.45) is 0 Å². The molecule has 0 spiro atoms. The number of nitrogen functional groups attached to an aromatic ring is 1. The van der Waals surface area contributed by atoms with Crippen LogP contribution in [0, 0.1) is 5.82 Å². The molecule has 1 aromatic carbocycles. The first-order chi connectivity index (χ1) is 9.61. The Morgan fingerprint density at radius 3 is 2.75 bits per heavy atom. The van der Waals surface area contributed by atoms with Gasteiger partial charge in [-0.05, 0) is 40.0 Å². The largest absolute Gasteiger partial charge is 0.398 e. The van der Waals surface area contributed by atoms with E-state index in [-0.39, 0.29) is 5.82 Å².